The molecule has 0 N–H and O–H groups in total. The summed E-state index contributed by atoms with van der Waals surface area (Å²) in [6.07, 6.45) is 0. The molecule has 24 heavy (non-hydrogen) atoms. The number of rotatable bonds is 5. The van der Waals surface area contributed by atoms with E-state index in [1.165, 1.54) is 4.31 Å². The minimum absolute atomic E-state index is 0.0632. The summed E-state index contributed by atoms with van der Waals surface area (Å²) in [6.45, 7) is 6.19. The second-order valence-electron chi connectivity index (χ2n) is 6.24. The van der Waals surface area contributed by atoms with Gasteiger partial charge in [-0.25, -0.2) is 8.42 Å². The lowest BCUT2D eigenvalue weighted by atomic mass is 10.3. The summed E-state index contributed by atoms with van der Waals surface area (Å²) < 4.78 is 27.6. The topological polar surface area (TPSA) is 60.9 Å². The van der Waals surface area contributed by atoms with E-state index < -0.39 is 10.0 Å². The van der Waals surface area contributed by atoms with Gasteiger partial charge in [-0.1, -0.05) is 22.0 Å². The summed E-state index contributed by atoms with van der Waals surface area (Å²) in [7, 11) is -1.69. The van der Waals surface area contributed by atoms with Crippen LogP contribution in [0, 0.1) is 0 Å². The molecular weight excluding hydrogens is 394 g/mol. The van der Waals surface area contributed by atoms with Crippen LogP contribution < -0.4 is 0 Å². The van der Waals surface area contributed by atoms with Gasteiger partial charge in [-0.2, -0.15) is 4.31 Å². The van der Waals surface area contributed by atoms with Gasteiger partial charge in [0.05, 0.1) is 11.4 Å². The highest BCUT2D eigenvalue weighted by Gasteiger charge is 2.29. The first-order valence-corrected chi connectivity index (χ1v) is 10.2. The SMILES string of the molecule is CC(C)N(C)C(=O)CN1CCN(S(=O)(=O)c2cccc(Br)c2)CC1. The predicted molar refractivity (Wildman–Crippen MR) is 97.2 cm³/mol. The van der Waals surface area contributed by atoms with Crippen LogP contribution >= 0.6 is 15.9 Å². The number of carbonyl (C=O) groups excluding carboxylic acids is 1. The van der Waals surface area contributed by atoms with Gasteiger partial charge in [0.25, 0.3) is 0 Å². The van der Waals surface area contributed by atoms with Crippen LogP contribution in [0.3, 0.4) is 0 Å². The zero-order chi connectivity index (χ0) is 17.9. The molecule has 2 rings (SSSR count). The third-order valence-corrected chi connectivity index (χ3v) is 6.68. The first-order chi connectivity index (χ1) is 11.2. The molecule has 0 saturated carbocycles. The van der Waals surface area contributed by atoms with E-state index in [4.69, 9.17) is 0 Å². The number of nitrogens with zero attached hydrogens (tertiary/aromatic N) is 3. The Morgan fingerprint density at radius 3 is 2.42 bits per heavy atom. The van der Waals surface area contributed by atoms with Crippen LogP contribution in [-0.2, 0) is 14.8 Å². The van der Waals surface area contributed by atoms with Crippen LogP contribution in [0.2, 0.25) is 0 Å². The minimum atomic E-state index is -3.48. The second kappa shape index (κ2) is 7.95. The van der Waals surface area contributed by atoms with Crippen LogP contribution in [0.1, 0.15) is 13.8 Å². The van der Waals surface area contributed by atoms with Crippen LogP contribution in [0.5, 0.6) is 0 Å². The third kappa shape index (κ3) is 4.56. The normalized spacial score (nSPS) is 17.2. The van der Waals surface area contributed by atoms with Gasteiger partial charge in [-0.05, 0) is 32.0 Å². The largest absolute Gasteiger partial charge is 0.342 e. The molecule has 1 heterocycles. The average Bonchev–Trinajstić information content (AvgIpc) is 2.54. The van der Waals surface area contributed by atoms with Gasteiger partial charge in [-0.15, -0.1) is 0 Å². The summed E-state index contributed by atoms with van der Waals surface area (Å²) in [4.78, 5) is 16.2. The van der Waals surface area contributed by atoms with E-state index in [1.54, 1.807) is 36.2 Å². The first kappa shape index (κ1) is 19.4. The molecule has 0 radical (unpaired) electrons. The standard InChI is InChI=1S/C16H24BrN3O3S/c1-13(2)18(3)16(21)12-19-7-9-20(10-8-19)24(22,23)15-6-4-5-14(17)11-15/h4-6,11,13H,7-10,12H2,1-3H3. The maximum Gasteiger partial charge on any atom is 0.243 e. The Kier molecular flexibility index (Phi) is 6.41. The minimum Gasteiger partial charge on any atom is -0.342 e. The molecule has 1 aromatic rings. The summed E-state index contributed by atoms with van der Waals surface area (Å²) in [5, 5.41) is 0. The zero-order valence-electron chi connectivity index (χ0n) is 14.3. The number of amides is 1. The van der Waals surface area contributed by atoms with Gasteiger partial charge in [0.15, 0.2) is 0 Å². The molecule has 0 atom stereocenters. The maximum atomic E-state index is 12.7. The Hall–Kier alpha value is -0.960. The van der Waals surface area contributed by atoms with E-state index in [0.29, 0.717) is 37.6 Å². The number of sulfonamides is 1. The lowest BCUT2D eigenvalue weighted by Gasteiger charge is -2.34. The summed E-state index contributed by atoms with van der Waals surface area (Å²) in [6, 6.07) is 6.90. The fraction of sp³-hybridized carbons (Fsp3) is 0.562. The lowest BCUT2D eigenvalue weighted by molar-refractivity contribution is -0.132. The number of carbonyl (C=O) groups is 1. The molecule has 0 unspecified atom stereocenters. The molecule has 1 aliphatic heterocycles. The molecule has 1 aromatic carbocycles. The van der Waals surface area contributed by atoms with Crippen LogP contribution in [0.4, 0.5) is 0 Å². The predicted octanol–water partition coefficient (Wildman–Crippen LogP) is 1.62. The van der Waals surface area contributed by atoms with Crippen molar-refractivity contribution in [1.82, 2.24) is 14.1 Å². The monoisotopic (exact) mass is 417 g/mol. The molecule has 0 bridgehead atoms. The fourth-order valence-electron chi connectivity index (χ4n) is 2.50. The van der Waals surface area contributed by atoms with Crippen LogP contribution in [-0.4, -0.2) is 74.2 Å². The van der Waals surface area contributed by atoms with Crippen molar-refractivity contribution in [3.05, 3.63) is 28.7 Å². The van der Waals surface area contributed by atoms with E-state index in [2.05, 4.69) is 15.9 Å². The Morgan fingerprint density at radius 2 is 1.88 bits per heavy atom. The van der Waals surface area contributed by atoms with Crippen molar-refractivity contribution >= 4 is 31.9 Å². The van der Waals surface area contributed by atoms with Crippen LogP contribution in [0.25, 0.3) is 0 Å². The van der Waals surface area contributed by atoms with Gasteiger partial charge >= 0.3 is 0 Å². The highest BCUT2D eigenvalue weighted by atomic mass is 79.9. The van der Waals surface area contributed by atoms with E-state index >= 15 is 0 Å². The Labute approximate surface area is 152 Å². The molecule has 1 saturated heterocycles. The molecule has 0 spiro atoms. The lowest BCUT2D eigenvalue weighted by Crippen LogP contribution is -2.51. The Balaban J connectivity index is 1.96. The first-order valence-electron chi connectivity index (χ1n) is 7.95. The van der Waals surface area contributed by atoms with E-state index in [-0.39, 0.29) is 11.9 Å². The van der Waals surface area contributed by atoms with Crippen molar-refractivity contribution in [3.8, 4) is 0 Å². The highest BCUT2D eigenvalue weighted by Crippen LogP contribution is 2.21. The van der Waals surface area contributed by atoms with E-state index in [0.717, 1.165) is 4.47 Å². The molecule has 1 fully saturated rings. The van der Waals surface area contributed by atoms with Crippen molar-refractivity contribution < 1.29 is 13.2 Å². The van der Waals surface area contributed by atoms with Gasteiger partial charge in [0.2, 0.25) is 15.9 Å². The molecule has 1 amide bonds. The van der Waals surface area contributed by atoms with Crippen LogP contribution in [0.15, 0.2) is 33.6 Å². The van der Waals surface area contributed by atoms with Gasteiger partial charge in [0.1, 0.15) is 0 Å². The van der Waals surface area contributed by atoms with Crippen molar-refractivity contribution in [3.63, 3.8) is 0 Å². The number of hydrogen-bond acceptors (Lipinski definition) is 4. The Morgan fingerprint density at radius 1 is 1.25 bits per heavy atom. The molecule has 6 nitrogen and oxygen atoms in total. The van der Waals surface area contributed by atoms with E-state index in [9.17, 15) is 13.2 Å². The zero-order valence-corrected chi connectivity index (χ0v) is 16.7. The summed E-state index contributed by atoms with van der Waals surface area (Å²) in [5.41, 5.74) is 0. The molecular formula is C16H24BrN3O3S. The molecule has 0 aliphatic carbocycles. The van der Waals surface area contributed by atoms with E-state index in [1.807, 2.05) is 18.7 Å². The number of likely N-dealkylation sites (N-methyl/N-ethyl adjacent to an activating group) is 1. The van der Waals surface area contributed by atoms with Gasteiger partial charge in [0, 0.05) is 43.7 Å². The quantitative estimate of drug-likeness (QED) is 0.729. The number of hydrogen-bond donors (Lipinski definition) is 0. The smallest absolute Gasteiger partial charge is 0.243 e. The molecule has 0 aromatic heterocycles. The van der Waals surface area contributed by atoms with Crippen molar-refractivity contribution in [2.75, 3.05) is 39.8 Å². The fourth-order valence-corrected chi connectivity index (χ4v) is 4.51. The van der Waals surface area contributed by atoms with Crippen molar-refractivity contribution in [2.24, 2.45) is 0 Å². The highest BCUT2D eigenvalue weighted by molar-refractivity contribution is 9.10. The van der Waals surface area contributed by atoms with Gasteiger partial charge < -0.3 is 4.90 Å². The van der Waals surface area contributed by atoms with Crippen molar-refractivity contribution in [2.45, 2.75) is 24.8 Å². The molecule has 8 heteroatoms. The third-order valence-electron chi connectivity index (χ3n) is 4.29. The summed E-state index contributed by atoms with van der Waals surface area (Å²) >= 11 is 3.31. The Bertz CT molecular complexity index is 686. The molecule has 134 valence electrons. The van der Waals surface area contributed by atoms with Crippen molar-refractivity contribution in [1.29, 1.82) is 0 Å². The molecule has 1 aliphatic rings. The second-order valence-corrected chi connectivity index (χ2v) is 9.09. The number of benzene rings is 1. The van der Waals surface area contributed by atoms with Gasteiger partial charge in [-0.3, -0.25) is 9.69 Å². The number of piperazine rings is 1. The summed E-state index contributed by atoms with van der Waals surface area (Å²) in [5.74, 6) is 0.0632. The maximum absolute atomic E-state index is 12.7. The number of halogens is 1. The average molecular weight is 418 g/mol.